The van der Waals surface area contributed by atoms with Crippen molar-refractivity contribution in [3.05, 3.63) is 22.6 Å². The van der Waals surface area contributed by atoms with Crippen LogP contribution in [-0.2, 0) is 23.7 Å². The van der Waals surface area contributed by atoms with Gasteiger partial charge < -0.3 is 28.8 Å². The van der Waals surface area contributed by atoms with E-state index in [1.807, 2.05) is 32.3 Å². The lowest BCUT2D eigenvalue weighted by atomic mass is 9.59. The van der Waals surface area contributed by atoms with Gasteiger partial charge in [0.2, 0.25) is 5.91 Å². The van der Waals surface area contributed by atoms with Crippen LogP contribution >= 0.6 is 23.2 Å². The van der Waals surface area contributed by atoms with Gasteiger partial charge in [-0.15, -0.1) is 0 Å². The van der Waals surface area contributed by atoms with Gasteiger partial charge in [0.1, 0.15) is 22.9 Å². The SMILES string of the molecule is CCOC(CNC(=O)[C@@]12CC[C@@H]1[C@@H](n1cnc3c(Cl)cc(Cl)nc31)[C@@H]1OC(C)(C)O[C@@H]12)OCC. The van der Waals surface area contributed by atoms with Crippen LogP contribution in [0.25, 0.3) is 11.2 Å². The molecule has 5 atom stereocenters. The van der Waals surface area contributed by atoms with Crippen molar-refractivity contribution < 1.29 is 23.7 Å². The number of halogens is 2. The van der Waals surface area contributed by atoms with Crippen LogP contribution in [-0.4, -0.2) is 64.5 Å². The van der Waals surface area contributed by atoms with Gasteiger partial charge in [0, 0.05) is 13.2 Å². The molecule has 9 nitrogen and oxygen atoms in total. The Morgan fingerprint density at radius 3 is 2.68 bits per heavy atom. The molecule has 2 aliphatic carbocycles. The lowest BCUT2D eigenvalue weighted by Gasteiger charge is -2.48. The van der Waals surface area contributed by atoms with Gasteiger partial charge in [-0.1, -0.05) is 23.2 Å². The molecule has 0 unspecified atom stereocenters. The number of imidazole rings is 1. The zero-order valence-electron chi connectivity index (χ0n) is 19.7. The molecule has 2 saturated carbocycles. The number of nitrogens with one attached hydrogen (secondary N) is 1. The first kappa shape index (κ1) is 24.2. The largest absolute Gasteiger partial charge is 0.351 e. The quantitative estimate of drug-likeness (QED) is 0.425. The molecule has 34 heavy (non-hydrogen) atoms. The molecule has 0 aromatic carbocycles. The second-order valence-corrected chi connectivity index (χ2v) is 10.3. The molecule has 2 aromatic rings. The van der Waals surface area contributed by atoms with Crippen molar-refractivity contribution in [2.45, 2.75) is 70.9 Å². The minimum absolute atomic E-state index is 0.0202. The van der Waals surface area contributed by atoms with Crippen molar-refractivity contribution in [1.29, 1.82) is 0 Å². The van der Waals surface area contributed by atoms with E-state index in [1.165, 1.54) is 0 Å². The molecule has 2 aromatic heterocycles. The van der Waals surface area contributed by atoms with Crippen molar-refractivity contribution in [3.63, 3.8) is 0 Å². The fourth-order valence-corrected chi connectivity index (χ4v) is 6.40. The Morgan fingerprint density at radius 1 is 1.29 bits per heavy atom. The normalized spacial score (nSPS) is 31.5. The molecule has 1 saturated heterocycles. The minimum atomic E-state index is -0.820. The average Bonchev–Trinajstić information content (AvgIpc) is 3.34. The molecular weight excluding hydrogens is 483 g/mol. The number of aromatic nitrogens is 3. The lowest BCUT2D eigenvalue weighted by molar-refractivity contribution is -0.195. The highest BCUT2D eigenvalue weighted by molar-refractivity contribution is 6.37. The van der Waals surface area contributed by atoms with E-state index in [4.69, 9.17) is 42.1 Å². The minimum Gasteiger partial charge on any atom is -0.351 e. The molecular formula is C23H30Cl2N4O5. The molecule has 3 aliphatic rings. The fraction of sp³-hybridized carbons (Fsp3) is 0.696. The summed E-state index contributed by atoms with van der Waals surface area (Å²) in [6.07, 6.45) is 2.02. The van der Waals surface area contributed by atoms with Crippen molar-refractivity contribution in [3.8, 4) is 0 Å². The van der Waals surface area contributed by atoms with Gasteiger partial charge >= 0.3 is 0 Å². The van der Waals surface area contributed by atoms with E-state index in [0.29, 0.717) is 35.8 Å². The van der Waals surface area contributed by atoms with E-state index in [2.05, 4.69) is 15.3 Å². The van der Waals surface area contributed by atoms with E-state index in [0.717, 1.165) is 6.42 Å². The summed E-state index contributed by atoms with van der Waals surface area (Å²) in [7, 11) is 0. The third kappa shape index (κ3) is 3.72. The number of pyridine rings is 1. The second-order valence-electron chi connectivity index (χ2n) is 9.50. The Kier molecular flexibility index (Phi) is 6.32. The molecule has 0 bridgehead atoms. The van der Waals surface area contributed by atoms with Crippen molar-refractivity contribution in [2.75, 3.05) is 19.8 Å². The number of ether oxygens (including phenoxy) is 4. The zero-order valence-corrected chi connectivity index (χ0v) is 21.2. The van der Waals surface area contributed by atoms with E-state index in [-0.39, 0.29) is 35.7 Å². The first-order chi connectivity index (χ1) is 16.2. The van der Waals surface area contributed by atoms with Gasteiger partial charge in [-0.25, -0.2) is 9.97 Å². The molecule has 1 aliphatic heterocycles. The van der Waals surface area contributed by atoms with Gasteiger partial charge in [0.05, 0.1) is 29.4 Å². The van der Waals surface area contributed by atoms with Gasteiger partial charge in [-0.2, -0.15) is 0 Å². The van der Waals surface area contributed by atoms with E-state index < -0.39 is 23.6 Å². The lowest BCUT2D eigenvalue weighted by Crippen LogP contribution is -2.57. The number of amides is 1. The summed E-state index contributed by atoms with van der Waals surface area (Å²) in [5, 5.41) is 3.79. The molecule has 3 fully saturated rings. The topological polar surface area (TPSA) is 96.7 Å². The Morgan fingerprint density at radius 2 is 2.03 bits per heavy atom. The standard InChI is InChI=1S/C23H30Cl2N4O5/c1-5-31-15(32-6-2)10-26-21(30)23-8-7-12(23)17(18-19(23)34-22(3,4)33-18)29-11-27-16-13(24)9-14(25)28-20(16)29/h9,11-12,15,17-19H,5-8,10H2,1-4H3,(H,26,30)/t12-,17-,18+,19+,23+/m1/s1. The fourth-order valence-electron chi connectivity index (χ4n) is 5.92. The van der Waals surface area contributed by atoms with Crippen LogP contribution in [0.15, 0.2) is 12.4 Å². The molecule has 0 radical (unpaired) electrons. The van der Waals surface area contributed by atoms with Gasteiger partial charge in [-0.05, 0) is 52.5 Å². The molecule has 5 rings (SSSR count). The summed E-state index contributed by atoms with van der Waals surface area (Å²) in [6, 6.07) is 1.38. The van der Waals surface area contributed by atoms with E-state index in [1.54, 1.807) is 12.4 Å². The van der Waals surface area contributed by atoms with Crippen LogP contribution in [0.1, 0.15) is 46.6 Å². The van der Waals surface area contributed by atoms with E-state index in [9.17, 15) is 4.79 Å². The summed E-state index contributed by atoms with van der Waals surface area (Å²) < 4.78 is 25.9. The van der Waals surface area contributed by atoms with Crippen molar-refractivity contribution in [1.82, 2.24) is 19.9 Å². The maximum atomic E-state index is 13.7. The number of hydrogen-bond donors (Lipinski definition) is 1. The number of carbonyl (C=O) groups excluding carboxylic acids is 1. The molecule has 186 valence electrons. The van der Waals surface area contributed by atoms with Gasteiger partial charge in [-0.3, -0.25) is 4.79 Å². The van der Waals surface area contributed by atoms with Crippen LogP contribution in [0.4, 0.5) is 0 Å². The third-order valence-corrected chi connectivity index (χ3v) is 7.73. The third-order valence-electron chi connectivity index (χ3n) is 7.25. The Hall–Kier alpha value is -1.49. The smallest absolute Gasteiger partial charge is 0.229 e. The maximum absolute atomic E-state index is 13.7. The summed E-state index contributed by atoms with van der Waals surface area (Å²) in [5.74, 6) is -0.909. The summed E-state index contributed by atoms with van der Waals surface area (Å²) >= 11 is 12.6. The maximum Gasteiger partial charge on any atom is 0.229 e. The zero-order chi connectivity index (χ0) is 24.3. The first-order valence-electron chi connectivity index (χ1n) is 11.8. The highest BCUT2D eigenvalue weighted by atomic mass is 35.5. The summed E-state index contributed by atoms with van der Waals surface area (Å²) in [4.78, 5) is 22.7. The number of fused-ring (bicyclic) bond motifs is 4. The molecule has 1 N–H and O–H groups in total. The summed E-state index contributed by atoms with van der Waals surface area (Å²) in [6.45, 7) is 8.81. The summed E-state index contributed by atoms with van der Waals surface area (Å²) in [5.41, 5.74) is 0.411. The molecule has 0 spiro atoms. The molecule has 11 heteroatoms. The Bertz CT molecular complexity index is 1090. The second kappa shape index (κ2) is 8.87. The van der Waals surface area contributed by atoms with Crippen molar-refractivity contribution in [2.24, 2.45) is 11.3 Å². The Labute approximate surface area is 208 Å². The van der Waals surface area contributed by atoms with Crippen LogP contribution in [0, 0.1) is 11.3 Å². The molecule has 1 amide bonds. The number of carbonyl (C=O) groups is 1. The highest BCUT2D eigenvalue weighted by Gasteiger charge is 2.73. The number of nitrogens with zero attached hydrogens (tertiary/aromatic N) is 3. The van der Waals surface area contributed by atoms with Crippen LogP contribution < -0.4 is 5.32 Å². The number of hydrogen-bond acceptors (Lipinski definition) is 7. The highest BCUT2D eigenvalue weighted by Crippen LogP contribution is 2.66. The predicted octanol–water partition coefficient (Wildman–Crippen LogP) is 3.72. The van der Waals surface area contributed by atoms with Crippen LogP contribution in [0.5, 0.6) is 0 Å². The molecule has 3 heterocycles. The predicted molar refractivity (Wildman–Crippen MR) is 126 cm³/mol. The van der Waals surface area contributed by atoms with E-state index >= 15 is 0 Å². The first-order valence-corrected chi connectivity index (χ1v) is 12.5. The van der Waals surface area contributed by atoms with Crippen molar-refractivity contribution >= 4 is 40.3 Å². The van der Waals surface area contributed by atoms with Crippen LogP contribution in [0.3, 0.4) is 0 Å². The average molecular weight is 513 g/mol. The number of rotatable bonds is 8. The van der Waals surface area contributed by atoms with Crippen LogP contribution in [0.2, 0.25) is 10.2 Å². The monoisotopic (exact) mass is 512 g/mol. The van der Waals surface area contributed by atoms with Gasteiger partial charge in [0.15, 0.2) is 17.7 Å². The van der Waals surface area contributed by atoms with Gasteiger partial charge in [0.25, 0.3) is 0 Å². The Balaban J connectivity index is 1.49.